The van der Waals surface area contributed by atoms with Crippen molar-refractivity contribution in [2.45, 2.75) is 19.9 Å². The Kier molecular flexibility index (Phi) is 4.68. The largest absolute Gasteiger partial charge is 0.315 e. The maximum Gasteiger partial charge on any atom is 0.286 e. The third kappa shape index (κ3) is 3.34. The lowest BCUT2D eigenvalue weighted by atomic mass is 10.2. The Morgan fingerprint density at radius 2 is 1.81 bits per heavy atom. The summed E-state index contributed by atoms with van der Waals surface area (Å²) in [7, 11) is 0. The van der Waals surface area contributed by atoms with Gasteiger partial charge >= 0.3 is 0 Å². The molecular formula is C19H15Cl2N5O. The summed E-state index contributed by atoms with van der Waals surface area (Å²) in [6, 6.07) is 10.7. The van der Waals surface area contributed by atoms with Crippen LogP contribution < -0.4 is 5.56 Å². The highest BCUT2D eigenvalue weighted by Gasteiger charge is 2.17. The van der Waals surface area contributed by atoms with Gasteiger partial charge in [0.1, 0.15) is 11.0 Å². The number of halogens is 2. The van der Waals surface area contributed by atoms with Crippen LogP contribution in [0.3, 0.4) is 0 Å². The molecule has 0 aliphatic heterocycles. The lowest BCUT2D eigenvalue weighted by Crippen LogP contribution is -2.24. The third-order valence-electron chi connectivity index (χ3n) is 4.29. The maximum atomic E-state index is 13.2. The molecule has 0 unspecified atom stereocenters. The molecule has 0 aliphatic carbocycles. The molecule has 0 radical (unpaired) electrons. The standard InChI is InChI=1S/C19H15Cl2N5O/c1-2-25-11-23-17-18(25)24-16(9-12-3-8-15(21)22-10-12)26(19(17)27)14-6-4-13(20)5-7-14/h3-8,10-11H,2,9H2,1H3. The molecule has 6 nitrogen and oxygen atoms in total. The predicted octanol–water partition coefficient (Wildman–Crippen LogP) is 3.89. The lowest BCUT2D eigenvalue weighted by Gasteiger charge is -2.13. The minimum absolute atomic E-state index is 0.216. The summed E-state index contributed by atoms with van der Waals surface area (Å²) in [4.78, 5) is 26.3. The van der Waals surface area contributed by atoms with Crippen molar-refractivity contribution in [3.05, 3.63) is 80.8 Å². The molecular weight excluding hydrogens is 385 g/mol. The average molecular weight is 400 g/mol. The van der Waals surface area contributed by atoms with E-state index in [0.717, 1.165) is 5.56 Å². The summed E-state index contributed by atoms with van der Waals surface area (Å²) in [6.07, 6.45) is 3.74. The molecule has 0 saturated heterocycles. The molecule has 0 bridgehead atoms. The highest BCUT2D eigenvalue weighted by atomic mass is 35.5. The number of rotatable bonds is 4. The first-order chi connectivity index (χ1) is 13.1. The average Bonchev–Trinajstić information content (AvgIpc) is 3.08. The van der Waals surface area contributed by atoms with Gasteiger partial charge in [-0.2, -0.15) is 0 Å². The Bertz CT molecular complexity index is 1160. The molecule has 0 N–H and O–H groups in total. The molecule has 3 aromatic heterocycles. The number of hydrogen-bond acceptors (Lipinski definition) is 4. The van der Waals surface area contributed by atoms with Crippen molar-refractivity contribution in [1.82, 2.24) is 24.1 Å². The summed E-state index contributed by atoms with van der Waals surface area (Å²) in [5, 5.41) is 1.01. The van der Waals surface area contributed by atoms with Crippen molar-refractivity contribution in [3.8, 4) is 5.69 Å². The molecule has 0 fully saturated rings. The van der Waals surface area contributed by atoms with Gasteiger partial charge in [-0.05, 0) is 42.8 Å². The number of aromatic nitrogens is 5. The van der Waals surface area contributed by atoms with Gasteiger partial charge in [0.2, 0.25) is 0 Å². The molecule has 4 rings (SSSR count). The summed E-state index contributed by atoms with van der Waals surface area (Å²) in [6.45, 7) is 2.66. The van der Waals surface area contributed by atoms with E-state index in [0.29, 0.717) is 45.8 Å². The van der Waals surface area contributed by atoms with Crippen molar-refractivity contribution >= 4 is 34.4 Å². The summed E-state index contributed by atoms with van der Waals surface area (Å²) in [5.41, 5.74) is 2.28. The van der Waals surface area contributed by atoms with E-state index < -0.39 is 0 Å². The quantitative estimate of drug-likeness (QED) is 0.488. The smallest absolute Gasteiger partial charge is 0.286 e. The van der Waals surface area contributed by atoms with Crippen molar-refractivity contribution in [2.75, 3.05) is 0 Å². The predicted molar refractivity (Wildman–Crippen MR) is 106 cm³/mol. The van der Waals surface area contributed by atoms with Gasteiger partial charge in [-0.3, -0.25) is 9.36 Å². The number of imidazole rings is 1. The van der Waals surface area contributed by atoms with Gasteiger partial charge in [0.25, 0.3) is 5.56 Å². The Hall–Kier alpha value is -2.70. The molecule has 0 spiro atoms. The third-order valence-corrected chi connectivity index (χ3v) is 4.76. The van der Waals surface area contributed by atoms with Crippen LogP contribution in [-0.2, 0) is 13.0 Å². The van der Waals surface area contributed by atoms with E-state index in [-0.39, 0.29) is 5.56 Å². The fraction of sp³-hybridized carbons (Fsp3) is 0.158. The number of hydrogen-bond donors (Lipinski definition) is 0. The number of nitrogens with zero attached hydrogens (tertiary/aromatic N) is 5. The first kappa shape index (κ1) is 17.7. The molecule has 0 aliphatic rings. The Labute approximate surface area is 165 Å². The van der Waals surface area contributed by atoms with Gasteiger partial charge in [0.15, 0.2) is 11.2 Å². The Morgan fingerprint density at radius 1 is 1.04 bits per heavy atom. The first-order valence-electron chi connectivity index (χ1n) is 8.40. The SMILES string of the molecule is CCn1cnc2c(=O)n(-c3ccc(Cl)cc3)c(Cc3ccc(Cl)nc3)nc21. The number of pyridine rings is 1. The summed E-state index contributed by atoms with van der Waals surface area (Å²) >= 11 is 11.9. The molecule has 27 heavy (non-hydrogen) atoms. The van der Waals surface area contributed by atoms with Crippen LogP contribution in [0.2, 0.25) is 10.2 Å². The van der Waals surface area contributed by atoms with Crippen molar-refractivity contribution in [3.63, 3.8) is 0 Å². The molecule has 8 heteroatoms. The molecule has 1 aromatic carbocycles. The number of fused-ring (bicyclic) bond motifs is 1. The van der Waals surface area contributed by atoms with E-state index in [2.05, 4.69) is 9.97 Å². The van der Waals surface area contributed by atoms with Crippen LogP contribution >= 0.6 is 23.2 Å². The van der Waals surface area contributed by atoms with Gasteiger partial charge in [-0.1, -0.05) is 29.3 Å². The number of aryl methyl sites for hydroxylation is 1. The molecule has 0 saturated carbocycles. The molecule has 0 atom stereocenters. The minimum Gasteiger partial charge on any atom is -0.315 e. The van der Waals surface area contributed by atoms with Crippen LogP contribution in [0.1, 0.15) is 18.3 Å². The molecule has 3 heterocycles. The second-order valence-corrected chi connectivity index (χ2v) is 6.84. The topological polar surface area (TPSA) is 65.6 Å². The van der Waals surface area contributed by atoms with E-state index in [1.165, 1.54) is 0 Å². The van der Waals surface area contributed by atoms with Crippen molar-refractivity contribution in [2.24, 2.45) is 0 Å². The van der Waals surface area contributed by atoms with Gasteiger partial charge in [0, 0.05) is 24.2 Å². The van der Waals surface area contributed by atoms with Gasteiger partial charge in [-0.15, -0.1) is 0 Å². The van der Waals surface area contributed by atoms with Gasteiger partial charge in [-0.25, -0.2) is 15.0 Å². The Morgan fingerprint density at radius 3 is 2.48 bits per heavy atom. The van der Waals surface area contributed by atoms with Crippen LogP contribution in [0.4, 0.5) is 0 Å². The minimum atomic E-state index is -0.216. The van der Waals surface area contributed by atoms with Crippen LogP contribution in [0.25, 0.3) is 16.9 Å². The fourth-order valence-electron chi connectivity index (χ4n) is 2.94. The lowest BCUT2D eigenvalue weighted by molar-refractivity contribution is 0.765. The zero-order valence-corrected chi connectivity index (χ0v) is 15.9. The van der Waals surface area contributed by atoms with Crippen molar-refractivity contribution in [1.29, 1.82) is 0 Å². The highest BCUT2D eigenvalue weighted by Crippen LogP contribution is 2.18. The maximum absolute atomic E-state index is 13.2. The fourth-order valence-corrected chi connectivity index (χ4v) is 3.18. The summed E-state index contributed by atoms with van der Waals surface area (Å²) < 4.78 is 3.42. The van der Waals surface area contributed by atoms with Crippen LogP contribution in [0.5, 0.6) is 0 Å². The van der Waals surface area contributed by atoms with E-state index in [1.54, 1.807) is 47.4 Å². The first-order valence-corrected chi connectivity index (χ1v) is 9.15. The highest BCUT2D eigenvalue weighted by molar-refractivity contribution is 6.30. The van der Waals surface area contributed by atoms with Crippen LogP contribution in [0, 0.1) is 0 Å². The van der Waals surface area contributed by atoms with Gasteiger partial charge < -0.3 is 4.57 Å². The molecule has 4 aromatic rings. The second kappa shape index (κ2) is 7.13. The normalized spacial score (nSPS) is 11.2. The van der Waals surface area contributed by atoms with Crippen LogP contribution in [0.15, 0.2) is 53.7 Å². The van der Waals surface area contributed by atoms with E-state index in [1.807, 2.05) is 17.6 Å². The number of benzene rings is 1. The van der Waals surface area contributed by atoms with Crippen LogP contribution in [-0.4, -0.2) is 24.1 Å². The van der Waals surface area contributed by atoms with E-state index >= 15 is 0 Å². The Balaban J connectivity index is 1.95. The molecule has 0 amide bonds. The molecule has 136 valence electrons. The van der Waals surface area contributed by atoms with Crippen molar-refractivity contribution < 1.29 is 0 Å². The zero-order valence-electron chi connectivity index (χ0n) is 14.4. The zero-order chi connectivity index (χ0) is 19.0. The monoisotopic (exact) mass is 399 g/mol. The van der Waals surface area contributed by atoms with Gasteiger partial charge in [0.05, 0.1) is 12.0 Å². The van der Waals surface area contributed by atoms with E-state index in [9.17, 15) is 4.79 Å². The van der Waals surface area contributed by atoms with E-state index in [4.69, 9.17) is 28.2 Å². The summed E-state index contributed by atoms with van der Waals surface area (Å²) in [5.74, 6) is 0.592. The second-order valence-electron chi connectivity index (χ2n) is 6.01.